The molecule has 0 bridgehead atoms. The average Bonchev–Trinajstić information content (AvgIpc) is 3.19. The molecule has 5 heteroatoms. The van der Waals surface area contributed by atoms with E-state index in [-0.39, 0.29) is 11.9 Å². The first-order valence-electron chi connectivity index (χ1n) is 7.30. The van der Waals surface area contributed by atoms with Crippen LogP contribution in [0.1, 0.15) is 18.4 Å². The van der Waals surface area contributed by atoms with E-state index >= 15 is 0 Å². The lowest BCUT2D eigenvalue weighted by Gasteiger charge is -2.25. The Morgan fingerprint density at radius 2 is 2.29 bits per heavy atom. The summed E-state index contributed by atoms with van der Waals surface area (Å²) in [6.07, 6.45) is 8.61. The summed E-state index contributed by atoms with van der Waals surface area (Å²) in [6, 6.07) is 6.41. The van der Waals surface area contributed by atoms with Gasteiger partial charge in [0.15, 0.2) is 0 Å². The van der Waals surface area contributed by atoms with Crippen molar-refractivity contribution in [3.8, 4) is 0 Å². The van der Waals surface area contributed by atoms with Crippen LogP contribution in [-0.2, 0) is 11.3 Å². The number of furan rings is 1. The summed E-state index contributed by atoms with van der Waals surface area (Å²) in [5.74, 6) is 0.204. The number of carbonyl (C=O) groups is 1. The molecule has 2 aromatic heterocycles. The second-order valence-electron chi connectivity index (χ2n) is 5.70. The molecule has 108 valence electrons. The minimum atomic E-state index is 0.204. The Balaban J connectivity index is 1.55. The molecule has 2 aliphatic heterocycles. The SMILES string of the molecule is O=C1C[C@H]2[C@@H](CCN2Cc2ccoc2)N1c1cccnc1. The van der Waals surface area contributed by atoms with Gasteiger partial charge in [0.05, 0.1) is 30.5 Å². The van der Waals surface area contributed by atoms with Crippen molar-refractivity contribution in [2.24, 2.45) is 0 Å². The minimum Gasteiger partial charge on any atom is -0.472 e. The zero-order chi connectivity index (χ0) is 14.2. The third-order valence-electron chi connectivity index (χ3n) is 4.50. The van der Waals surface area contributed by atoms with Gasteiger partial charge in [0.2, 0.25) is 5.91 Å². The summed E-state index contributed by atoms with van der Waals surface area (Å²) in [4.78, 5) is 20.9. The van der Waals surface area contributed by atoms with E-state index in [9.17, 15) is 4.79 Å². The molecule has 1 amide bonds. The standard InChI is InChI=1S/C16H17N3O2/c20-16-8-15-14(19(16)13-2-1-5-17-9-13)3-6-18(15)10-12-4-7-21-11-12/h1-2,4-5,7,9,11,14-15H,3,6,8,10H2/t14-,15+/m1/s1. The summed E-state index contributed by atoms with van der Waals surface area (Å²) in [7, 11) is 0. The molecule has 2 saturated heterocycles. The topological polar surface area (TPSA) is 49.6 Å². The predicted octanol–water partition coefficient (Wildman–Crippen LogP) is 2.05. The van der Waals surface area contributed by atoms with Crippen molar-refractivity contribution in [1.29, 1.82) is 0 Å². The second kappa shape index (κ2) is 5.00. The number of fused-ring (bicyclic) bond motifs is 1. The molecule has 2 aliphatic rings. The van der Waals surface area contributed by atoms with Crippen molar-refractivity contribution in [2.45, 2.75) is 31.5 Å². The highest BCUT2D eigenvalue weighted by Crippen LogP contribution is 2.36. The summed E-state index contributed by atoms with van der Waals surface area (Å²) < 4.78 is 5.14. The van der Waals surface area contributed by atoms with Crippen LogP contribution in [0, 0.1) is 0 Å². The van der Waals surface area contributed by atoms with E-state index in [0.29, 0.717) is 12.5 Å². The quantitative estimate of drug-likeness (QED) is 0.865. The van der Waals surface area contributed by atoms with Gasteiger partial charge in [0.25, 0.3) is 0 Å². The molecule has 0 spiro atoms. The van der Waals surface area contributed by atoms with Gasteiger partial charge in [-0.15, -0.1) is 0 Å². The van der Waals surface area contributed by atoms with Gasteiger partial charge >= 0.3 is 0 Å². The molecular formula is C16H17N3O2. The number of nitrogens with zero attached hydrogens (tertiary/aromatic N) is 3. The number of pyridine rings is 1. The molecular weight excluding hydrogens is 266 g/mol. The van der Waals surface area contributed by atoms with Crippen LogP contribution in [0.5, 0.6) is 0 Å². The van der Waals surface area contributed by atoms with Crippen LogP contribution in [0.15, 0.2) is 47.5 Å². The maximum absolute atomic E-state index is 12.4. The van der Waals surface area contributed by atoms with Crippen LogP contribution in [-0.4, -0.2) is 34.4 Å². The van der Waals surface area contributed by atoms with Gasteiger partial charge in [-0.25, -0.2) is 0 Å². The highest BCUT2D eigenvalue weighted by Gasteiger charge is 2.47. The molecule has 2 fully saturated rings. The maximum atomic E-state index is 12.4. The highest BCUT2D eigenvalue weighted by molar-refractivity contribution is 5.97. The molecule has 0 aromatic carbocycles. The lowest BCUT2D eigenvalue weighted by Crippen LogP contribution is -2.37. The van der Waals surface area contributed by atoms with E-state index in [4.69, 9.17) is 4.42 Å². The molecule has 4 rings (SSSR count). The molecule has 0 aliphatic carbocycles. The van der Waals surface area contributed by atoms with Crippen LogP contribution >= 0.6 is 0 Å². The smallest absolute Gasteiger partial charge is 0.229 e. The van der Waals surface area contributed by atoms with Crippen LogP contribution in [0.2, 0.25) is 0 Å². The van der Waals surface area contributed by atoms with E-state index in [2.05, 4.69) is 9.88 Å². The van der Waals surface area contributed by atoms with Crippen LogP contribution in [0.25, 0.3) is 0 Å². The van der Waals surface area contributed by atoms with Gasteiger partial charge in [-0.2, -0.15) is 0 Å². The van der Waals surface area contributed by atoms with E-state index in [1.807, 2.05) is 23.1 Å². The largest absolute Gasteiger partial charge is 0.472 e. The fourth-order valence-electron chi connectivity index (χ4n) is 3.57. The zero-order valence-corrected chi connectivity index (χ0v) is 11.7. The van der Waals surface area contributed by atoms with E-state index in [1.165, 1.54) is 5.56 Å². The first kappa shape index (κ1) is 12.6. The normalized spacial score (nSPS) is 25.5. The number of carbonyl (C=O) groups excluding carboxylic acids is 1. The van der Waals surface area contributed by atoms with Gasteiger partial charge in [0.1, 0.15) is 0 Å². The van der Waals surface area contributed by atoms with E-state index in [1.54, 1.807) is 24.9 Å². The Morgan fingerprint density at radius 3 is 3.05 bits per heavy atom. The van der Waals surface area contributed by atoms with Crippen molar-refractivity contribution >= 4 is 11.6 Å². The van der Waals surface area contributed by atoms with E-state index < -0.39 is 0 Å². The molecule has 0 saturated carbocycles. The molecule has 5 nitrogen and oxygen atoms in total. The van der Waals surface area contributed by atoms with E-state index in [0.717, 1.165) is 25.2 Å². The Kier molecular flexibility index (Phi) is 3.00. The van der Waals surface area contributed by atoms with Gasteiger partial charge in [-0.3, -0.25) is 14.7 Å². The number of anilines is 1. The Labute approximate surface area is 123 Å². The van der Waals surface area contributed by atoms with Gasteiger partial charge in [0, 0.05) is 37.3 Å². The fraction of sp³-hybridized carbons (Fsp3) is 0.375. The third-order valence-corrected chi connectivity index (χ3v) is 4.50. The van der Waals surface area contributed by atoms with Gasteiger partial charge < -0.3 is 9.32 Å². The van der Waals surface area contributed by atoms with Crippen molar-refractivity contribution in [1.82, 2.24) is 9.88 Å². The van der Waals surface area contributed by atoms with Crippen molar-refractivity contribution in [3.05, 3.63) is 48.7 Å². The molecule has 21 heavy (non-hydrogen) atoms. The average molecular weight is 283 g/mol. The van der Waals surface area contributed by atoms with Crippen molar-refractivity contribution < 1.29 is 9.21 Å². The third kappa shape index (κ3) is 2.14. The van der Waals surface area contributed by atoms with Crippen LogP contribution in [0.3, 0.4) is 0 Å². The molecule has 0 N–H and O–H groups in total. The molecule has 2 atom stereocenters. The number of hydrogen-bond acceptors (Lipinski definition) is 4. The Morgan fingerprint density at radius 1 is 1.33 bits per heavy atom. The monoisotopic (exact) mass is 283 g/mol. The molecule has 0 radical (unpaired) electrons. The second-order valence-corrected chi connectivity index (χ2v) is 5.70. The van der Waals surface area contributed by atoms with Crippen molar-refractivity contribution in [3.63, 3.8) is 0 Å². The summed E-state index contributed by atoms with van der Waals surface area (Å²) in [5.41, 5.74) is 2.09. The molecule has 4 heterocycles. The summed E-state index contributed by atoms with van der Waals surface area (Å²) >= 11 is 0. The Hall–Kier alpha value is -2.14. The van der Waals surface area contributed by atoms with Crippen LogP contribution in [0.4, 0.5) is 5.69 Å². The van der Waals surface area contributed by atoms with Gasteiger partial charge in [-0.05, 0) is 24.6 Å². The lowest BCUT2D eigenvalue weighted by atomic mass is 10.1. The van der Waals surface area contributed by atoms with Crippen molar-refractivity contribution in [2.75, 3.05) is 11.4 Å². The Bertz CT molecular complexity index is 626. The highest BCUT2D eigenvalue weighted by atomic mass is 16.3. The van der Waals surface area contributed by atoms with Gasteiger partial charge in [-0.1, -0.05) is 0 Å². The zero-order valence-electron chi connectivity index (χ0n) is 11.7. The summed E-state index contributed by atoms with van der Waals surface area (Å²) in [6.45, 7) is 1.87. The first-order valence-corrected chi connectivity index (χ1v) is 7.30. The summed E-state index contributed by atoms with van der Waals surface area (Å²) in [5, 5.41) is 0. The van der Waals surface area contributed by atoms with Crippen LogP contribution < -0.4 is 4.90 Å². The lowest BCUT2D eigenvalue weighted by molar-refractivity contribution is -0.117. The fourth-order valence-corrected chi connectivity index (χ4v) is 3.57. The molecule has 2 aromatic rings. The number of aromatic nitrogens is 1. The number of amides is 1. The number of likely N-dealkylation sites (tertiary alicyclic amines) is 1. The first-order chi connectivity index (χ1) is 10.3. The maximum Gasteiger partial charge on any atom is 0.229 e. The molecule has 0 unspecified atom stereocenters. The minimum absolute atomic E-state index is 0.204. The number of rotatable bonds is 3. The predicted molar refractivity (Wildman–Crippen MR) is 77.7 cm³/mol. The number of hydrogen-bond donors (Lipinski definition) is 0.